The number of thioether (sulfide) groups is 1. The van der Waals surface area contributed by atoms with E-state index in [0.29, 0.717) is 26.2 Å². The van der Waals surface area contributed by atoms with Crippen molar-refractivity contribution in [3.63, 3.8) is 0 Å². The molecule has 2 aliphatic heterocycles. The number of rotatable bonds is 6. The van der Waals surface area contributed by atoms with E-state index in [9.17, 15) is 13.2 Å². The molecule has 1 amide bonds. The highest BCUT2D eigenvalue weighted by atomic mass is 32.2. The molecule has 3 heterocycles. The average molecular weight is 465 g/mol. The van der Waals surface area contributed by atoms with Crippen LogP contribution in [0.25, 0.3) is 10.9 Å². The SMILES string of the molecule is C[C@@H](Sc1nc(CN2CCOCC2)nc2ccccc12)C(=O)N(C)[C@H]1CCS(=O)(=O)C1. The summed E-state index contributed by atoms with van der Waals surface area (Å²) >= 11 is 1.41. The van der Waals surface area contributed by atoms with Crippen LogP contribution in [0.15, 0.2) is 29.3 Å². The number of hydrogen-bond donors (Lipinski definition) is 0. The number of para-hydroxylation sites is 1. The fraction of sp³-hybridized carbons (Fsp3) is 0.571. The molecule has 1 aromatic carbocycles. The van der Waals surface area contributed by atoms with Gasteiger partial charge in [-0.2, -0.15) is 0 Å². The van der Waals surface area contributed by atoms with Gasteiger partial charge in [-0.05, 0) is 19.4 Å². The topological polar surface area (TPSA) is 92.7 Å². The largest absolute Gasteiger partial charge is 0.379 e. The molecule has 0 unspecified atom stereocenters. The first-order valence-electron chi connectivity index (χ1n) is 10.5. The maximum Gasteiger partial charge on any atom is 0.235 e. The van der Waals surface area contributed by atoms with Crippen molar-refractivity contribution in [3.05, 3.63) is 30.1 Å². The highest BCUT2D eigenvalue weighted by Crippen LogP contribution is 2.30. The van der Waals surface area contributed by atoms with Gasteiger partial charge in [-0.15, -0.1) is 0 Å². The second-order valence-corrected chi connectivity index (χ2v) is 11.7. The van der Waals surface area contributed by atoms with Gasteiger partial charge in [0.05, 0.1) is 42.0 Å². The van der Waals surface area contributed by atoms with Crippen LogP contribution >= 0.6 is 11.8 Å². The Bertz CT molecular complexity index is 1060. The third-order valence-corrected chi connectivity index (χ3v) is 8.66. The van der Waals surface area contributed by atoms with Crippen molar-refractivity contribution in [2.75, 3.05) is 44.9 Å². The van der Waals surface area contributed by atoms with Crippen LogP contribution in [0.2, 0.25) is 0 Å². The molecule has 0 bridgehead atoms. The van der Waals surface area contributed by atoms with E-state index in [4.69, 9.17) is 14.7 Å². The number of hydrogen-bond acceptors (Lipinski definition) is 8. The van der Waals surface area contributed by atoms with Gasteiger partial charge in [0, 0.05) is 31.6 Å². The van der Waals surface area contributed by atoms with Gasteiger partial charge in [-0.3, -0.25) is 9.69 Å². The van der Waals surface area contributed by atoms with Gasteiger partial charge < -0.3 is 9.64 Å². The highest BCUT2D eigenvalue weighted by Gasteiger charge is 2.34. The normalized spacial score (nSPS) is 22.5. The van der Waals surface area contributed by atoms with Gasteiger partial charge in [0.15, 0.2) is 9.84 Å². The van der Waals surface area contributed by atoms with Crippen molar-refractivity contribution in [1.82, 2.24) is 19.8 Å². The lowest BCUT2D eigenvalue weighted by atomic mass is 10.2. The predicted molar refractivity (Wildman–Crippen MR) is 121 cm³/mol. The third-order valence-electron chi connectivity index (χ3n) is 5.82. The van der Waals surface area contributed by atoms with Crippen molar-refractivity contribution in [2.45, 2.75) is 36.2 Å². The fourth-order valence-electron chi connectivity index (χ4n) is 3.98. The van der Waals surface area contributed by atoms with Gasteiger partial charge in [0.25, 0.3) is 0 Å². The van der Waals surface area contributed by atoms with Gasteiger partial charge in [0.1, 0.15) is 10.9 Å². The molecule has 0 spiro atoms. The number of amides is 1. The second-order valence-electron chi connectivity index (χ2n) is 8.12. The van der Waals surface area contributed by atoms with Crippen molar-refractivity contribution < 1.29 is 17.9 Å². The maximum absolute atomic E-state index is 13.0. The number of sulfone groups is 1. The number of aromatic nitrogens is 2. The molecule has 0 N–H and O–H groups in total. The number of carbonyl (C=O) groups excluding carboxylic acids is 1. The number of carbonyl (C=O) groups is 1. The smallest absolute Gasteiger partial charge is 0.235 e. The molecule has 2 atom stereocenters. The number of morpholine rings is 1. The van der Waals surface area contributed by atoms with Gasteiger partial charge in [-0.1, -0.05) is 30.0 Å². The Kier molecular flexibility index (Phi) is 6.80. The zero-order chi connectivity index (χ0) is 22.0. The van der Waals surface area contributed by atoms with E-state index < -0.39 is 9.84 Å². The van der Waals surface area contributed by atoms with Crippen molar-refractivity contribution in [2.24, 2.45) is 0 Å². The van der Waals surface area contributed by atoms with Crippen LogP contribution in [0.3, 0.4) is 0 Å². The molecular formula is C21H28N4O4S2. The molecule has 0 radical (unpaired) electrons. The van der Waals surface area contributed by atoms with Crippen LogP contribution in [0.5, 0.6) is 0 Å². The molecule has 4 rings (SSSR count). The first-order valence-corrected chi connectivity index (χ1v) is 13.2. The summed E-state index contributed by atoms with van der Waals surface area (Å²) in [4.78, 5) is 26.4. The number of ether oxygens (including phenoxy) is 1. The Balaban J connectivity index is 1.52. The summed E-state index contributed by atoms with van der Waals surface area (Å²) in [5.74, 6) is 0.855. The van der Waals surface area contributed by atoms with Gasteiger partial charge in [-0.25, -0.2) is 18.4 Å². The lowest BCUT2D eigenvalue weighted by molar-refractivity contribution is -0.130. The van der Waals surface area contributed by atoms with Crippen LogP contribution in [0.4, 0.5) is 0 Å². The third kappa shape index (κ3) is 5.36. The number of nitrogens with zero attached hydrogens (tertiary/aromatic N) is 4. The van der Waals surface area contributed by atoms with E-state index in [1.165, 1.54) is 11.8 Å². The van der Waals surface area contributed by atoms with E-state index in [2.05, 4.69) is 4.90 Å². The van der Waals surface area contributed by atoms with E-state index in [1.807, 2.05) is 31.2 Å². The Hall–Kier alpha value is -1.75. The molecule has 2 saturated heterocycles. The van der Waals surface area contributed by atoms with Crippen LogP contribution < -0.4 is 0 Å². The first kappa shape index (κ1) is 22.4. The average Bonchev–Trinajstić information content (AvgIpc) is 3.13. The molecule has 1 aromatic heterocycles. The van der Waals surface area contributed by atoms with Crippen LogP contribution in [-0.2, 0) is 25.9 Å². The summed E-state index contributed by atoms with van der Waals surface area (Å²) in [5, 5.41) is 1.31. The molecule has 168 valence electrons. The van der Waals surface area contributed by atoms with E-state index >= 15 is 0 Å². The van der Waals surface area contributed by atoms with Crippen LogP contribution in [0, 0.1) is 0 Å². The van der Waals surface area contributed by atoms with Gasteiger partial charge >= 0.3 is 0 Å². The molecule has 8 nitrogen and oxygen atoms in total. The number of benzene rings is 1. The molecule has 31 heavy (non-hydrogen) atoms. The molecular weight excluding hydrogens is 436 g/mol. The first-order chi connectivity index (χ1) is 14.8. The summed E-state index contributed by atoms with van der Waals surface area (Å²) in [6, 6.07) is 7.58. The quantitative estimate of drug-likeness (QED) is 0.470. The molecule has 2 fully saturated rings. The second kappa shape index (κ2) is 9.40. The predicted octanol–water partition coefficient (Wildman–Crippen LogP) is 1.59. The summed E-state index contributed by atoms with van der Waals surface area (Å²) in [5.41, 5.74) is 0.859. The van der Waals surface area contributed by atoms with E-state index in [1.54, 1.807) is 11.9 Å². The lowest BCUT2D eigenvalue weighted by Crippen LogP contribution is -2.41. The van der Waals surface area contributed by atoms with Crippen LogP contribution in [0.1, 0.15) is 19.2 Å². The molecule has 0 saturated carbocycles. The van der Waals surface area contributed by atoms with Gasteiger partial charge in [0.2, 0.25) is 5.91 Å². The molecule has 0 aliphatic carbocycles. The summed E-state index contributed by atoms with van der Waals surface area (Å²) < 4.78 is 29.0. The number of fused-ring (bicyclic) bond motifs is 1. The minimum absolute atomic E-state index is 0.0484. The van der Waals surface area contributed by atoms with Crippen molar-refractivity contribution in [3.8, 4) is 0 Å². The Labute approximate surface area is 187 Å². The van der Waals surface area contributed by atoms with Crippen LogP contribution in [-0.4, -0.2) is 90.2 Å². The molecule has 2 aliphatic rings. The maximum atomic E-state index is 13.0. The zero-order valence-corrected chi connectivity index (χ0v) is 19.5. The standard InChI is InChI=1S/C21H28N4O4S2/c1-15(21(26)24(2)16-7-12-31(27,28)14-16)30-20-17-5-3-4-6-18(17)22-19(23-20)13-25-8-10-29-11-9-25/h3-6,15-16H,7-14H2,1-2H3/t15-,16+/m1/s1. The van der Waals surface area contributed by atoms with Crippen molar-refractivity contribution in [1.29, 1.82) is 0 Å². The summed E-state index contributed by atoms with van der Waals surface area (Å²) in [6.07, 6.45) is 0.502. The Morgan fingerprint density at radius 2 is 2.03 bits per heavy atom. The Morgan fingerprint density at radius 1 is 1.29 bits per heavy atom. The molecule has 10 heteroatoms. The fourth-order valence-corrected chi connectivity index (χ4v) is 6.81. The van der Waals surface area contributed by atoms with Crippen molar-refractivity contribution >= 4 is 38.4 Å². The monoisotopic (exact) mass is 464 g/mol. The summed E-state index contributed by atoms with van der Waals surface area (Å²) in [7, 11) is -1.34. The minimum Gasteiger partial charge on any atom is -0.379 e. The zero-order valence-electron chi connectivity index (χ0n) is 17.9. The minimum atomic E-state index is -3.04. The Morgan fingerprint density at radius 3 is 2.74 bits per heavy atom. The lowest BCUT2D eigenvalue weighted by Gasteiger charge is -2.27. The highest BCUT2D eigenvalue weighted by molar-refractivity contribution is 8.00. The van der Waals surface area contributed by atoms with E-state index in [0.717, 1.165) is 34.8 Å². The molecule has 2 aromatic rings. The van der Waals surface area contributed by atoms with E-state index in [-0.39, 0.29) is 28.7 Å². The summed E-state index contributed by atoms with van der Waals surface area (Å²) in [6.45, 7) is 5.62.